The number of halogens is 1. The first-order valence-corrected chi connectivity index (χ1v) is 6.11. The Bertz CT molecular complexity index is 492. The van der Waals surface area contributed by atoms with Crippen LogP contribution in [0.3, 0.4) is 0 Å². The van der Waals surface area contributed by atoms with Gasteiger partial charge in [-0.05, 0) is 24.0 Å². The molecule has 1 aromatic heterocycles. The third-order valence-corrected chi connectivity index (χ3v) is 2.69. The van der Waals surface area contributed by atoms with Gasteiger partial charge in [-0.25, -0.2) is 9.97 Å². The summed E-state index contributed by atoms with van der Waals surface area (Å²) in [6, 6.07) is 10.0. The van der Waals surface area contributed by atoms with Crippen LogP contribution in [-0.2, 0) is 6.42 Å². The van der Waals surface area contributed by atoms with Crippen molar-refractivity contribution in [3.05, 3.63) is 47.2 Å². The highest BCUT2D eigenvalue weighted by molar-refractivity contribution is 6.29. The van der Waals surface area contributed by atoms with Crippen LogP contribution in [0.4, 0.5) is 0 Å². The SMILES string of the molecule is CC(C)Cc1ccc(-c2nccc(Cl)n2)cc1. The molecule has 0 aliphatic heterocycles. The van der Waals surface area contributed by atoms with Crippen molar-refractivity contribution in [3.63, 3.8) is 0 Å². The lowest BCUT2D eigenvalue weighted by molar-refractivity contribution is 0.647. The predicted molar refractivity (Wildman–Crippen MR) is 71.0 cm³/mol. The minimum absolute atomic E-state index is 0.473. The van der Waals surface area contributed by atoms with E-state index >= 15 is 0 Å². The van der Waals surface area contributed by atoms with Gasteiger partial charge in [0.05, 0.1) is 0 Å². The first-order chi connectivity index (χ1) is 8.15. The lowest BCUT2D eigenvalue weighted by Gasteiger charge is -2.06. The summed E-state index contributed by atoms with van der Waals surface area (Å²) in [6.07, 6.45) is 2.77. The molecule has 2 aromatic rings. The third kappa shape index (κ3) is 3.27. The van der Waals surface area contributed by atoms with E-state index in [9.17, 15) is 0 Å². The summed E-state index contributed by atoms with van der Waals surface area (Å²) in [5.41, 5.74) is 2.34. The van der Waals surface area contributed by atoms with Gasteiger partial charge >= 0.3 is 0 Å². The van der Waals surface area contributed by atoms with Gasteiger partial charge in [0.1, 0.15) is 5.15 Å². The molecule has 2 nitrogen and oxygen atoms in total. The molecule has 0 saturated heterocycles. The minimum Gasteiger partial charge on any atom is -0.236 e. The first kappa shape index (κ1) is 12.1. The van der Waals surface area contributed by atoms with Crippen molar-refractivity contribution in [3.8, 4) is 11.4 Å². The van der Waals surface area contributed by atoms with E-state index in [-0.39, 0.29) is 0 Å². The molecular weight excluding hydrogens is 232 g/mol. The van der Waals surface area contributed by atoms with Crippen molar-refractivity contribution in [1.29, 1.82) is 0 Å². The zero-order chi connectivity index (χ0) is 12.3. The van der Waals surface area contributed by atoms with E-state index in [0.717, 1.165) is 12.0 Å². The smallest absolute Gasteiger partial charge is 0.160 e. The number of aromatic nitrogens is 2. The highest BCUT2D eigenvalue weighted by atomic mass is 35.5. The second kappa shape index (κ2) is 5.28. The number of nitrogens with zero attached hydrogens (tertiary/aromatic N) is 2. The molecule has 0 amide bonds. The predicted octanol–water partition coefficient (Wildman–Crippen LogP) is 4.00. The Balaban J connectivity index is 2.23. The maximum atomic E-state index is 5.84. The average molecular weight is 247 g/mol. The third-order valence-electron chi connectivity index (χ3n) is 2.48. The van der Waals surface area contributed by atoms with Crippen LogP contribution in [0.1, 0.15) is 19.4 Å². The monoisotopic (exact) mass is 246 g/mol. The molecule has 0 bridgehead atoms. The second-order valence-corrected chi connectivity index (χ2v) is 4.89. The van der Waals surface area contributed by atoms with Gasteiger partial charge in [-0.15, -0.1) is 0 Å². The van der Waals surface area contributed by atoms with Crippen LogP contribution in [0.15, 0.2) is 36.5 Å². The van der Waals surface area contributed by atoms with Gasteiger partial charge < -0.3 is 0 Å². The van der Waals surface area contributed by atoms with Crippen molar-refractivity contribution in [2.75, 3.05) is 0 Å². The van der Waals surface area contributed by atoms with Gasteiger partial charge in [0.15, 0.2) is 5.82 Å². The summed E-state index contributed by atoms with van der Waals surface area (Å²) in [4.78, 5) is 8.39. The fourth-order valence-corrected chi connectivity index (χ4v) is 1.87. The van der Waals surface area contributed by atoms with Gasteiger partial charge in [0, 0.05) is 11.8 Å². The highest BCUT2D eigenvalue weighted by Gasteiger charge is 2.03. The zero-order valence-corrected chi connectivity index (χ0v) is 10.8. The highest BCUT2D eigenvalue weighted by Crippen LogP contribution is 2.18. The minimum atomic E-state index is 0.473. The normalized spacial score (nSPS) is 10.8. The second-order valence-electron chi connectivity index (χ2n) is 4.50. The molecule has 0 radical (unpaired) electrons. The molecule has 0 unspecified atom stereocenters. The van der Waals surface area contributed by atoms with Gasteiger partial charge in [0.25, 0.3) is 0 Å². The lowest BCUT2D eigenvalue weighted by atomic mass is 10.0. The van der Waals surface area contributed by atoms with Crippen LogP contribution in [0.5, 0.6) is 0 Å². The molecule has 0 aliphatic rings. The summed E-state index contributed by atoms with van der Waals surface area (Å²) >= 11 is 5.84. The van der Waals surface area contributed by atoms with E-state index < -0.39 is 0 Å². The van der Waals surface area contributed by atoms with E-state index in [1.54, 1.807) is 12.3 Å². The van der Waals surface area contributed by atoms with Crippen LogP contribution < -0.4 is 0 Å². The van der Waals surface area contributed by atoms with E-state index in [0.29, 0.717) is 16.9 Å². The summed E-state index contributed by atoms with van der Waals surface area (Å²) in [5.74, 6) is 1.34. The quantitative estimate of drug-likeness (QED) is 0.765. The Morgan fingerprint density at radius 1 is 1.12 bits per heavy atom. The molecule has 2 rings (SSSR count). The van der Waals surface area contributed by atoms with E-state index in [4.69, 9.17) is 11.6 Å². The molecule has 0 N–H and O–H groups in total. The fourth-order valence-electron chi connectivity index (χ4n) is 1.74. The van der Waals surface area contributed by atoms with Crippen molar-refractivity contribution >= 4 is 11.6 Å². The largest absolute Gasteiger partial charge is 0.236 e. The van der Waals surface area contributed by atoms with Crippen LogP contribution in [0.2, 0.25) is 5.15 Å². The molecular formula is C14H15ClN2. The van der Waals surface area contributed by atoms with Crippen LogP contribution in [0, 0.1) is 5.92 Å². The summed E-state index contributed by atoms with van der Waals surface area (Å²) in [5, 5.41) is 0.473. The van der Waals surface area contributed by atoms with Crippen LogP contribution in [-0.4, -0.2) is 9.97 Å². The first-order valence-electron chi connectivity index (χ1n) is 5.73. The number of rotatable bonds is 3. The summed E-state index contributed by atoms with van der Waals surface area (Å²) < 4.78 is 0. The van der Waals surface area contributed by atoms with E-state index in [1.165, 1.54) is 5.56 Å². The average Bonchev–Trinajstić information content (AvgIpc) is 2.29. The molecule has 0 fully saturated rings. The van der Waals surface area contributed by atoms with E-state index in [1.807, 2.05) is 12.1 Å². The summed E-state index contributed by atoms with van der Waals surface area (Å²) in [6.45, 7) is 4.43. The molecule has 1 heterocycles. The Morgan fingerprint density at radius 2 is 1.82 bits per heavy atom. The molecule has 0 spiro atoms. The number of hydrogen-bond acceptors (Lipinski definition) is 2. The van der Waals surface area contributed by atoms with Gasteiger partial charge in [-0.1, -0.05) is 49.7 Å². The maximum absolute atomic E-state index is 5.84. The molecule has 88 valence electrons. The van der Waals surface area contributed by atoms with Crippen molar-refractivity contribution in [2.45, 2.75) is 20.3 Å². The summed E-state index contributed by atoms with van der Waals surface area (Å²) in [7, 11) is 0. The molecule has 0 atom stereocenters. The Hall–Kier alpha value is -1.41. The number of benzene rings is 1. The van der Waals surface area contributed by atoms with Gasteiger partial charge in [-0.3, -0.25) is 0 Å². The Morgan fingerprint density at radius 3 is 2.41 bits per heavy atom. The van der Waals surface area contributed by atoms with Crippen LogP contribution in [0.25, 0.3) is 11.4 Å². The topological polar surface area (TPSA) is 25.8 Å². The maximum Gasteiger partial charge on any atom is 0.160 e. The van der Waals surface area contributed by atoms with Crippen molar-refractivity contribution in [1.82, 2.24) is 9.97 Å². The van der Waals surface area contributed by atoms with Crippen molar-refractivity contribution < 1.29 is 0 Å². The standard InChI is InChI=1S/C14H15ClN2/c1-10(2)9-11-3-5-12(6-4-11)14-16-8-7-13(15)17-14/h3-8,10H,9H2,1-2H3. The molecule has 17 heavy (non-hydrogen) atoms. The molecule has 1 aromatic carbocycles. The molecule has 3 heteroatoms. The number of hydrogen-bond donors (Lipinski definition) is 0. The zero-order valence-electron chi connectivity index (χ0n) is 10.0. The lowest BCUT2D eigenvalue weighted by Crippen LogP contribution is -1.94. The molecule has 0 saturated carbocycles. The Kier molecular flexibility index (Phi) is 3.75. The van der Waals surface area contributed by atoms with Gasteiger partial charge in [0.2, 0.25) is 0 Å². The fraction of sp³-hybridized carbons (Fsp3) is 0.286. The van der Waals surface area contributed by atoms with Crippen molar-refractivity contribution in [2.24, 2.45) is 5.92 Å². The molecule has 0 aliphatic carbocycles. The van der Waals surface area contributed by atoms with Crippen LogP contribution >= 0.6 is 11.6 Å². The van der Waals surface area contributed by atoms with E-state index in [2.05, 4.69) is 35.9 Å². The Labute approximate surface area is 107 Å². The van der Waals surface area contributed by atoms with Gasteiger partial charge in [-0.2, -0.15) is 0 Å².